The van der Waals surface area contributed by atoms with Crippen molar-refractivity contribution < 1.29 is 19.1 Å². The van der Waals surface area contributed by atoms with Crippen molar-refractivity contribution in [3.8, 4) is 0 Å². The van der Waals surface area contributed by atoms with Crippen molar-refractivity contribution in [3.05, 3.63) is 34.9 Å². The van der Waals surface area contributed by atoms with Gasteiger partial charge in [0.15, 0.2) is 6.61 Å². The molecule has 4 N–H and O–H groups in total. The molecule has 0 aliphatic heterocycles. The number of hydrogen-bond acceptors (Lipinski definition) is 4. The fourth-order valence-corrected chi connectivity index (χ4v) is 2.63. The third-order valence-corrected chi connectivity index (χ3v) is 4.29. The molecule has 0 radical (unpaired) electrons. The van der Waals surface area contributed by atoms with Gasteiger partial charge in [0.25, 0.3) is 5.91 Å². The smallest absolute Gasteiger partial charge is 0.312 e. The highest BCUT2D eigenvalue weighted by Crippen LogP contribution is 2.32. The zero-order valence-electron chi connectivity index (χ0n) is 14.0. The summed E-state index contributed by atoms with van der Waals surface area (Å²) in [5.74, 6) is -0.421. The van der Waals surface area contributed by atoms with Crippen LogP contribution in [-0.2, 0) is 14.3 Å². The Bertz CT molecular complexity index is 631. The lowest BCUT2D eigenvalue weighted by Gasteiger charge is -2.18. The third-order valence-electron chi connectivity index (χ3n) is 4.04. The minimum absolute atomic E-state index is 0.0875. The number of carbonyl (C=O) groups excluding carboxylic acids is 3. The van der Waals surface area contributed by atoms with Crippen molar-refractivity contribution in [1.82, 2.24) is 10.6 Å². The second-order valence-corrected chi connectivity index (χ2v) is 6.61. The van der Waals surface area contributed by atoms with Crippen molar-refractivity contribution in [2.24, 2.45) is 11.7 Å². The number of amides is 3. The standard InChI is InChI=1S/C17H22ClN3O4/c1-10(11-2-3-11)20-15(22)9-25-16(23)8-14(21-17(19)24)12-4-6-13(18)7-5-12/h4-7,10-11,14H,2-3,8-9H2,1H3,(H,20,22)(H3,19,21,24)/t10-,14+/m0/s1. The molecule has 1 aromatic carbocycles. The lowest BCUT2D eigenvalue weighted by Crippen LogP contribution is -2.38. The molecule has 1 aliphatic rings. The molecule has 1 saturated carbocycles. The zero-order valence-corrected chi connectivity index (χ0v) is 14.7. The highest BCUT2D eigenvalue weighted by Gasteiger charge is 2.29. The van der Waals surface area contributed by atoms with Gasteiger partial charge in [0.1, 0.15) is 0 Å². The molecule has 2 rings (SSSR count). The van der Waals surface area contributed by atoms with E-state index in [0.29, 0.717) is 16.5 Å². The van der Waals surface area contributed by atoms with Gasteiger partial charge in [-0.1, -0.05) is 23.7 Å². The van der Waals surface area contributed by atoms with Crippen LogP contribution in [0.3, 0.4) is 0 Å². The first kappa shape index (κ1) is 19.1. The summed E-state index contributed by atoms with van der Waals surface area (Å²) >= 11 is 5.83. The predicted molar refractivity (Wildman–Crippen MR) is 92.8 cm³/mol. The molecule has 0 bridgehead atoms. The Morgan fingerprint density at radius 1 is 1.24 bits per heavy atom. The van der Waals surface area contributed by atoms with Crippen molar-refractivity contribution in [1.29, 1.82) is 0 Å². The number of ether oxygens (including phenoxy) is 1. The number of nitrogens with two attached hydrogens (primary N) is 1. The second-order valence-electron chi connectivity index (χ2n) is 6.17. The van der Waals surface area contributed by atoms with Crippen LogP contribution < -0.4 is 16.4 Å². The highest BCUT2D eigenvalue weighted by atomic mass is 35.5. The van der Waals surface area contributed by atoms with Crippen LogP contribution >= 0.6 is 11.6 Å². The SMILES string of the molecule is C[C@H](NC(=O)COC(=O)C[C@@H](NC(N)=O)c1ccc(Cl)cc1)C1CC1. The summed E-state index contributed by atoms with van der Waals surface area (Å²) in [5, 5.41) is 5.82. The molecule has 1 aliphatic carbocycles. The van der Waals surface area contributed by atoms with E-state index >= 15 is 0 Å². The average Bonchev–Trinajstić information content (AvgIpc) is 3.37. The Kier molecular flexibility index (Phi) is 6.64. The summed E-state index contributed by atoms with van der Waals surface area (Å²) in [7, 11) is 0. The van der Waals surface area contributed by atoms with Gasteiger partial charge in [-0.05, 0) is 43.4 Å². The van der Waals surface area contributed by atoms with Gasteiger partial charge in [-0.15, -0.1) is 0 Å². The Labute approximate surface area is 151 Å². The van der Waals surface area contributed by atoms with E-state index in [1.807, 2.05) is 6.92 Å². The number of urea groups is 1. The van der Waals surface area contributed by atoms with E-state index in [9.17, 15) is 14.4 Å². The number of nitrogens with one attached hydrogen (secondary N) is 2. The summed E-state index contributed by atoms with van der Waals surface area (Å²) in [6.45, 7) is 1.59. The molecule has 1 aromatic rings. The Morgan fingerprint density at radius 3 is 2.44 bits per heavy atom. The van der Waals surface area contributed by atoms with Gasteiger partial charge in [-0.2, -0.15) is 0 Å². The van der Waals surface area contributed by atoms with Gasteiger partial charge in [-0.3, -0.25) is 9.59 Å². The Morgan fingerprint density at radius 2 is 1.88 bits per heavy atom. The molecule has 0 aromatic heterocycles. The van der Waals surface area contributed by atoms with E-state index in [0.717, 1.165) is 12.8 Å². The fraction of sp³-hybridized carbons (Fsp3) is 0.471. The van der Waals surface area contributed by atoms with Crippen LogP contribution in [0.4, 0.5) is 4.79 Å². The van der Waals surface area contributed by atoms with Crippen LogP contribution in [0.25, 0.3) is 0 Å². The molecule has 8 heteroatoms. The number of esters is 1. The van der Waals surface area contributed by atoms with Crippen molar-refractivity contribution in [2.75, 3.05) is 6.61 Å². The van der Waals surface area contributed by atoms with Gasteiger partial charge in [0.2, 0.25) is 0 Å². The molecule has 25 heavy (non-hydrogen) atoms. The number of halogens is 1. The van der Waals surface area contributed by atoms with Crippen LogP contribution in [-0.4, -0.2) is 30.6 Å². The molecule has 0 saturated heterocycles. The topological polar surface area (TPSA) is 111 Å². The number of hydrogen-bond donors (Lipinski definition) is 3. The highest BCUT2D eigenvalue weighted by molar-refractivity contribution is 6.30. The van der Waals surface area contributed by atoms with E-state index in [1.165, 1.54) is 0 Å². The summed E-state index contributed by atoms with van der Waals surface area (Å²) < 4.78 is 4.99. The number of benzene rings is 1. The Hall–Kier alpha value is -2.28. The molecule has 2 atom stereocenters. The molecule has 136 valence electrons. The van der Waals surface area contributed by atoms with Gasteiger partial charge >= 0.3 is 12.0 Å². The average molecular weight is 368 g/mol. The van der Waals surface area contributed by atoms with Crippen LogP contribution in [0.15, 0.2) is 24.3 Å². The molecule has 0 heterocycles. The molecule has 0 unspecified atom stereocenters. The van der Waals surface area contributed by atoms with E-state index < -0.39 is 18.0 Å². The molecular formula is C17H22ClN3O4. The van der Waals surface area contributed by atoms with E-state index in [2.05, 4.69) is 10.6 Å². The lowest BCUT2D eigenvalue weighted by molar-refractivity contribution is -0.149. The molecule has 3 amide bonds. The van der Waals surface area contributed by atoms with Crippen LogP contribution in [0.2, 0.25) is 5.02 Å². The molecule has 7 nitrogen and oxygen atoms in total. The Balaban J connectivity index is 1.84. The maximum atomic E-state index is 12.0. The second kappa shape index (κ2) is 8.71. The normalized spacial score (nSPS) is 15.8. The summed E-state index contributed by atoms with van der Waals surface area (Å²) in [6, 6.07) is 5.32. The van der Waals surface area contributed by atoms with Gasteiger partial charge in [-0.25, -0.2) is 4.79 Å². The van der Waals surface area contributed by atoms with Gasteiger partial charge in [0.05, 0.1) is 12.5 Å². The number of primary amides is 1. The van der Waals surface area contributed by atoms with Gasteiger partial charge in [0, 0.05) is 11.1 Å². The molecule has 0 spiro atoms. The summed E-state index contributed by atoms with van der Waals surface area (Å²) in [4.78, 5) is 34.9. The monoisotopic (exact) mass is 367 g/mol. The van der Waals surface area contributed by atoms with E-state index in [4.69, 9.17) is 22.1 Å². The molecule has 1 fully saturated rings. The minimum Gasteiger partial charge on any atom is -0.456 e. The van der Waals surface area contributed by atoms with Crippen LogP contribution in [0.1, 0.15) is 37.8 Å². The maximum Gasteiger partial charge on any atom is 0.312 e. The molecular weight excluding hydrogens is 346 g/mol. The van der Waals surface area contributed by atoms with Crippen LogP contribution in [0, 0.1) is 5.92 Å². The quantitative estimate of drug-likeness (QED) is 0.609. The van der Waals surface area contributed by atoms with Crippen LogP contribution in [0.5, 0.6) is 0 Å². The van der Waals surface area contributed by atoms with E-state index in [1.54, 1.807) is 24.3 Å². The summed E-state index contributed by atoms with van der Waals surface area (Å²) in [6.07, 6.45) is 2.08. The largest absolute Gasteiger partial charge is 0.456 e. The number of rotatable bonds is 8. The number of carbonyl (C=O) groups is 3. The third kappa shape index (κ3) is 6.62. The zero-order chi connectivity index (χ0) is 18.4. The van der Waals surface area contributed by atoms with E-state index in [-0.39, 0.29) is 25.0 Å². The first-order chi connectivity index (χ1) is 11.8. The first-order valence-electron chi connectivity index (χ1n) is 8.11. The predicted octanol–water partition coefficient (Wildman–Crippen LogP) is 1.90. The fourth-order valence-electron chi connectivity index (χ4n) is 2.50. The van der Waals surface area contributed by atoms with Crippen molar-refractivity contribution >= 4 is 29.5 Å². The van der Waals surface area contributed by atoms with Crippen molar-refractivity contribution in [2.45, 2.75) is 38.3 Å². The van der Waals surface area contributed by atoms with Gasteiger partial charge < -0.3 is 21.1 Å². The summed E-state index contributed by atoms with van der Waals surface area (Å²) in [5.41, 5.74) is 5.81. The lowest BCUT2D eigenvalue weighted by atomic mass is 10.0. The maximum absolute atomic E-state index is 12.0. The van der Waals surface area contributed by atoms with Crippen molar-refractivity contribution in [3.63, 3.8) is 0 Å². The minimum atomic E-state index is -0.760. The first-order valence-corrected chi connectivity index (χ1v) is 8.49.